The van der Waals surface area contributed by atoms with Gasteiger partial charge in [-0.2, -0.15) is 0 Å². The Bertz CT molecular complexity index is 584. The summed E-state index contributed by atoms with van der Waals surface area (Å²) in [5.74, 6) is 12.7. The van der Waals surface area contributed by atoms with E-state index in [0.717, 1.165) is 11.3 Å². The van der Waals surface area contributed by atoms with E-state index in [1.165, 1.54) is 0 Å². The smallest absolute Gasteiger partial charge is 0.177 e. The van der Waals surface area contributed by atoms with Crippen molar-refractivity contribution in [1.29, 1.82) is 0 Å². The molecule has 2 aromatic rings. The summed E-state index contributed by atoms with van der Waals surface area (Å²) in [5.41, 5.74) is 0.902. The Morgan fingerprint density at radius 1 is 1.00 bits per heavy atom. The van der Waals surface area contributed by atoms with Crippen molar-refractivity contribution in [1.82, 2.24) is 0 Å². The molecule has 0 aliphatic carbocycles. The average molecular weight is 222 g/mol. The lowest BCUT2D eigenvalue weighted by Crippen LogP contribution is -1.81. The molecule has 0 aliphatic rings. The summed E-state index contributed by atoms with van der Waals surface area (Å²) in [6.07, 6.45) is 1.58. The van der Waals surface area contributed by atoms with Crippen LogP contribution in [-0.2, 0) is 0 Å². The molecule has 1 heterocycles. The normalized spacial score (nSPS) is 8.53. The highest BCUT2D eigenvalue weighted by Crippen LogP contribution is 2.09. The van der Waals surface area contributed by atoms with Gasteiger partial charge in [-0.1, -0.05) is 5.92 Å². The van der Waals surface area contributed by atoms with Crippen LogP contribution in [0.15, 0.2) is 47.1 Å². The van der Waals surface area contributed by atoms with Gasteiger partial charge in [-0.25, -0.2) is 0 Å². The summed E-state index contributed by atoms with van der Waals surface area (Å²) >= 11 is 0. The molecule has 0 N–H and O–H groups in total. The lowest BCUT2D eigenvalue weighted by atomic mass is 10.2. The maximum atomic E-state index is 5.06. The van der Waals surface area contributed by atoms with Crippen LogP contribution in [0.25, 0.3) is 0 Å². The van der Waals surface area contributed by atoms with Crippen LogP contribution in [-0.4, -0.2) is 7.11 Å². The standard InChI is InChI=1S/C15H10O2/c1-16-14-10-8-13(9-11-14)5-2-3-6-15-7-4-12-17-15/h4,7-12H,1H3. The van der Waals surface area contributed by atoms with E-state index in [2.05, 4.69) is 23.7 Å². The fourth-order valence-corrected chi connectivity index (χ4v) is 1.22. The van der Waals surface area contributed by atoms with Crippen molar-refractivity contribution in [3.63, 3.8) is 0 Å². The van der Waals surface area contributed by atoms with Crippen molar-refractivity contribution in [2.75, 3.05) is 7.11 Å². The maximum absolute atomic E-state index is 5.06. The molecule has 2 nitrogen and oxygen atoms in total. The lowest BCUT2D eigenvalue weighted by Gasteiger charge is -1.96. The van der Waals surface area contributed by atoms with E-state index in [9.17, 15) is 0 Å². The van der Waals surface area contributed by atoms with Crippen molar-refractivity contribution >= 4 is 0 Å². The van der Waals surface area contributed by atoms with Crippen molar-refractivity contribution < 1.29 is 9.15 Å². The highest BCUT2D eigenvalue weighted by molar-refractivity contribution is 5.43. The Balaban J connectivity index is 2.06. The van der Waals surface area contributed by atoms with E-state index in [1.54, 1.807) is 25.5 Å². The van der Waals surface area contributed by atoms with Gasteiger partial charge in [0, 0.05) is 5.56 Å². The molecule has 0 radical (unpaired) electrons. The largest absolute Gasteiger partial charge is 0.497 e. The number of methoxy groups -OCH3 is 1. The molecular weight excluding hydrogens is 212 g/mol. The van der Waals surface area contributed by atoms with Crippen LogP contribution in [0.3, 0.4) is 0 Å². The molecule has 0 saturated heterocycles. The SMILES string of the molecule is COc1ccc(C#CC#Cc2ccco2)cc1. The highest BCUT2D eigenvalue weighted by Gasteiger charge is 1.89. The third-order valence-corrected chi connectivity index (χ3v) is 2.07. The number of hydrogen-bond donors (Lipinski definition) is 0. The van der Waals surface area contributed by atoms with Gasteiger partial charge in [-0.3, -0.25) is 0 Å². The Hall–Kier alpha value is -2.58. The molecule has 0 spiro atoms. The van der Waals surface area contributed by atoms with Gasteiger partial charge in [0.2, 0.25) is 0 Å². The van der Waals surface area contributed by atoms with Crippen molar-refractivity contribution in [3.05, 3.63) is 54.0 Å². The van der Waals surface area contributed by atoms with Crippen molar-refractivity contribution in [3.8, 4) is 29.4 Å². The van der Waals surface area contributed by atoms with Crippen LogP contribution in [0.5, 0.6) is 5.75 Å². The molecule has 2 rings (SSSR count). The van der Waals surface area contributed by atoms with E-state index in [1.807, 2.05) is 24.3 Å². The Morgan fingerprint density at radius 3 is 2.41 bits per heavy atom. The third-order valence-electron chi connectivity index (χ3n) is 2.07. The van der Waals surface area contributed by atoms with Crippen molar-refractivity contribution in [2.45, 2.75) is 0 Å². The quantitative estimate of drug-likeness (QED) is 0.692. The summed E-state index contributed by atoms with van der Waals surface area (Å²) in [4.78, 5) is 0. The maximum Gasteiger partial charge on any atom is 0.177 e. The Morgan fingerprint density at radius 2 is 1.76 bits per heavy atom. The zero-order valence-electron chi connectivity index (χ0n) is 9.36. The highest BCUT2D eigenvalue weighted by atomic mass is 16.5. The van der Waals surface area contributed by atoms with Gasteiger partial charge in [-0.15, -0.1) is 0 Å². The van der Waals surface area contributed by atoms with Gasteiger partial charge in [-0.05, 0) is 54.2 Å². The summed E-state index contributed by atoms with van der Waals surface area (Å²) in [7, 11) is 1.63. The number of rotatable bonds is 1. The van der Waals surface area contributed by atoms with Gasteiger partial charge >= 0.3 is 0 Å². The molecule has 17 heavy (non-hydrogen) atoms. The van der Waals surface area contributed by atoms with Gasteiger partial charge in [0.15, 0.2) is 5.76 Å². The fraction of sp³-hybridized carbons (Fsp3) is 0.0667. The topological polar surface area (TPSA) is 22.4 Å². The lowest BCUT2D eigenvalue weighted by molar-refractivity contribution is 0.415. The summed E-state index contributed by atoms with van der Waals surface area (Å²) in [6.45, 7) is 0. The number of furan rings is 1. The van der Waals surface area contributed by atoms with E-state index in [0.29, 0.717) is 5.76 Å². The van der Waals surface area contributed by atoms with Crippen LogP contribution < -0.4 is 4.74 Å². The van der Waals surface area contributed by atoms with Crippen LogP contribution >= 0.6 is 0 Å². The first-order chi connectivity index (χ1) is 8.38. The summed E-state index contributed by atoms with van der Waals surface area (Å²) in [5, 5.41) is 0. The Kier molecular flexibility index (Phi) is 3.53. The molecule has 0 fully saturated rings. The number of hydrogen-bond acceptors (Lipinski definition) is 2. The van der Waals surface area contributed by atoms with Crippen LogP contribution in [0.4, 0.5) is 0 Å². The molecule has 0 amide bonds. The van der Waals surface area contributed by atoms with E-state index < -0.39 is 0 Å². The van der Waals surface area contributed by atoms with E-state index >= 15 is 0 Å². The molecule has 1 aromatic heterocycles. The molecule has 2 heteroatoms. The molecule has 1 aromatic carbocycles. The molecule has 0 aliphatic heterocycles. The summed E-state index contributed by atoms with van der Waals surface area (Å²) in [6, 6.07) is 11.1. The Labute approximate surface area is 100 Å². The van der Waals surface area contributed by atoms with Crippen LogP contribution in [0.1, 0.15) is 11.3 Å². The fourth-order valence-electron chi connectivity index (χ4n) is 1.22. The summed E-state index contributed by atoms with van der Waals surface area (Å²) < 4.78 is 10.1. The zero-order chi connectivity index (χ0) is 11.9. The van der Waals surface area contributed by atoms with Gasteiger partial charge in [0.1, 0.15) is 5.75 Å². The third kappa shape index (κ3) is 3.19. The molecule has 0 atom stereocenters. The minimum Gasteiger partial charge on any atom is -0.497 e. The van der Waals surface area contributed by atoms with Gasteiger partial charge in [0.25, 0.3) is 0 Å². The molecule has 0 bridgehead atoms. The predicted octanol–water partition coefficient (Wildman–Crippen LogP) is 2.69. The first kappa shape index (κ1) is 10.9. The van der Waals surface area contributed by atoms with Gasteiger partial charge < -0.3 is 9.15 Å². The minimum absolute atomic E-state index is 0.619. The van der Waals surface area contributed by atoms with E-state index in [4.69, 9.17) is 9.15 Å². The number of ether oxygens (including phenoxy) is 1. The molecule has 82 valence electrons. The van der Waals surface area contributed by atoms with Crippen LogP contribution in [0, 0.1) is 23.7 Å². The number of benzene rings is 1. The van der Waals surface area contributed by atoms with Crippen LogP contribution in [0.2, 0.25) is 0 Å². The molecular formula is C15H10O2. The average Bonchev–Trinajstić information content (AvgIpc) is 2.88. The first-order valence-corrected chi connectivity index (χ1v) is 5.08. The first-order valence-electron chi connectivity index (χ1n) is 5.08. The molecule has 0 saturated carbocycles. The van der Waals surface area contributed by atoms with E-state index in [-0.39, 0.29) is 0 Å². The monoisotopic (exact) mass is 222 g/mol. The predicted molar refractivity (Wildman–Crippen MR) is 65.5 cm³/mol. The minimum atomic E-state index is 0.619. The second kappa shape index (κ2) is 5.49. The van der Waals surface area contributed by atoms with Crippen molar-refractivity contribution in [2.24, 2.45) is 0 Å². The molecule has 0 unspecified atom stereocenters. The zero-order valence-corrected chi connectivity index (χ0v) is 9.36. The second-order valence-electron chi connectivity index (χ2n) is 3.21. The second-order valence-corrected chi connectivity index (χ2v) is 3.21. The van der Waals surface area contributed by atoms with Gasteiger partial charge in [0.05, 0.1) is 13.4 Å².